The van der Waals surface area contributed by atoms with Gasteiger partial charge in [-0.05, 0) is 18.2 Å². The Kier molecular flexibility index (Phi) is 5.58. The molecule has 0 unspecified atom stereocenters. The molecule has 0 spiro atoms. The topological polar surface area (TPSA) is 41.1 Å². The molecule has 1 aromatic carbocycles. The van der Waals surface area contributed by atoms with Crippen molar-refractivity contribution in [2.75, 3.05) is 13.1 Å². The Hall–Kier alpha value is -0.940. The van der Waals surface area contributed by atoms with Crippen LogP contribution in [0.2, 0.25) is 0 Å². The van der Waals surface area contributed by atoms with Gasteiger partial charge < -0.3 is 10.6 Å². The smallest absolute Gasteiger partial charge is 0.254 e. The maximum Gasteiger partial charge on any atom is 0.254 e. The first kappa shape index (κ1) is 14.1. The van der Waals surface area contributed by atoms with Gasteiger partial charge in [0.15, 0.2) is 0 Å². The van der Waals surface area contributed by atoms with Gasteiger partial charge in [-0.15, -0.1) is 0 Å². The zero-order valence-electron chi connectivity index (χ0n) is 9.89. The number of carbonyl (C=O) groups is 1. The SMILES string of the molecule is CC(C)NCCNC(=O)c1cc(Br)ccc1F. The predicted molar refractivity (Wildman–Crippen MR) is 69.6 cm³/mol. The van der Waals surface area contributed by atoms with Crippen molar-refractivity contribution >= 4 is 21.8 Å². The molecule has 0 atom stereocenters. The molecule has 0 aliphatic carbocycles. The highest BCUT2D eigenvalue weighted by Gasteiger charge is 2.11. The Balaban J connectivity index is 2.49. The second-order valence-corrected chi connectivity index (χ2v) is 4.90. The molecule has 0 saturated heterocycles. The molecule has 0 aromatic heterocycles. The van der Waals surface area contributed by atoms with Crippen LogP contribution in [0, 0.1) is 5.82 Å². The lowest BCUT2D eigenvalue weighted by molar-refractivity contribution is 0.0949. The van der Waals surface area contributed by atoms with E-state index in [4.69, 9.17) is 0 Å². The van der Waals surface area contributed by atoms with Gasteiger partial charge in [0.25, 0.3) is 5.91 Å². The van der Waals surface area contributed by atoms with E-state index in [1.807, 2.05) is 13.8 Å². The van der Waals surface area contributed by atoms with Gasteiger partial charge >= 0.3 is 0 Å². The number of benzene rings is 1. The minimum atomic E-state index is -0.512. The first-order valence-electron chi connectivity index (χ1n) is 5.47. The van der Waals surface area contributed by atoms with E-state index in [9.17, 15) is 9.18 Å². The number of nitrogens with one attached hydrogen (secondary N) is 2. The highest BCUT2D eigenvalue weighted by molar-refractivity contribution is 9.10. The second kappa shape index (κ2) is 6.71. The fraction of sp³-hybridized carbons (Fsp3) is 0.417. The van der Waals surface area contributed by atoms with Crippen molar-refractivity contribution in [3.8, 4) is 0 Å². The summed E-state index contributed by atoms with van der Waals surface area (Å²) in [6.07, 6.45) is 0. The molecule has 94 valence electrons. The van der Waals surface area contributed by atoms with Crippen molar-refractivity contribution in [1.82, 2.24) is 10.6 Å². The van der Waals surface area contributed by atoms with Gasteiger partial charge in [0.1, 0.15) is 5.82 Å². The third-order valence-corrected chi connectivity index (χ3v) is 2.63. The fourth-order valence-corrected chi connectivity index (χ4v) is 1.66. The zero-order chi connectivity index (χ0) is 12.8. The molecule has 0 aliphatic heterocycles. The molecule has 17 heavy (non-hydrogen) atoms. The van der Waals surface area contributed by atoms with Crippen LogP contribution in [-0.4, -0.2) is 25.0 Å². The Morgan fingerprint density at radius 3 is 2.76 bits per heavy atom. The molecule has 0 fully saturated rings. The number of hydrogen-bond acceptors (Lipinski definition) is 2. The van der Waals surface area contributed by atoms with Crippen LogP contribution in [0.3, 0.4) is 0 Å². The number of carbonyl (C=O) groups excluding carboxylic acids is 1. The molecule has 1 amide bonds. The molecule has 0 aliphatic rings. The summed E-state index contributed by atoms with van der Waals surface area (Å²) in [5.41, 5.74) is 0.0592. The van der Waals surface area contributed by atoms with E-state index in [1.165, 1.54) is 12.1 Å². The van der Waals surface area contributed by atoms with E-state index in [-0.39, 0.29) is 5.56 Å². The Bertz CT molecular complexity index is 396. The lowest BCUT2D eigenvalue weighted by Gasteiger charge is -2.09. The molecule has 0 heterocycles. The van der Waals surface area contributed by atoms with E-state index >= 15 is 0 Å². The summed E-state index contributed by atoms with van der Waals surface area (Å²) in [5.74, 6) is -0.906. The second-order valence-electron chi connectivity index (χ2n) is 3.99. The quantitative estimate of drug-likeness (QED) is 0.820. The van der Waals surface area contributed by atoms with Crippen LogP contribution in [0.5, 0.6) is 0 Å². The van der Waals surface area contributed by atoms with Crippen LogP contribution in [0.1, 0.15) is 24.2 Å². The van der Waals surface area contributed by atoms with Crippen LogP contribution in [0.4, 0.5) is 4.39 Å². The van der Waals surface area contributed by atoms with Crippen molar-refractivity contribution in [3.63, 3.8) is 0 Å². The molecular weight excluding hydrogens is 287 g/mol. The molecule has 1 aromatic rings. The average molecular weight is 303 g/mol. The van der Waals surface area contributed by atoms with Gasteiger partial charge in [0.2, 0.25) is 0 Å². The van der Waals surface area contributed by atoms with Gasteiger partial charge in [-0.25, -0.2) is 4.39 Å². The first-order chi connectivity index (χ1) is 8.00. The van der Waals surface area contributed by atoms with E-state index in [2.05, 4.69) is 26.6 Å². The van der Waals surface area contributed by atoms with Crippen molar-refractivity contribution in [2.24, 2.45) is 0 Å². The van der Waals surface area contributed by atoms with E-state index in [1.54, 1.807) is 6.07 Å². The number of halogens is 2. The van der Waals surface area contributed by atoms with E-state index in [0.29, 0.717) is 23.6 Å². The van der Waals surface area contributed by atoms with E-state index in [0.717, 1.165) is 0 Å². The molecule has 0 radical (unpaired) electrons. The number of hydrogen-bond donors (Lipinski definition) is 2. The highest BCUT2D eigenvalue weighted by atomic mass is 79.9. The summed E-state index contributed by atoms with van der Waals surface area (Å²) in [4.78, 5) is 11.7. The molecular formula is C12H16BrFN2O. The lowest BCUT2D eigenvalue weighted by atomic mass is 10.2. The summed E-state index contributed by atoms with van der Waals surface area (Å²) in [6, 6.07) is 4.67. The Morgan fingerprint density at radius 2 is 2.12 bits per heavy atom. The molecule has 2 N–H and O–H groups in total. The molecule has 0 bridgehead atoms. The van der Waals surface area contributed by atoms with Crippen molar-refractivity contribution in [2.45, 2.75) is 19.9 Å². The lowest BCUT2D eigenvalue weighted by Crippen LogP contribution is -2.34. The minimum absolute atomic E-state index is 0.0592. The summed E-state index contributed by atoms with van der Waals surface area (Å²) >= 11 is 3.21. The van der Waals surface area contributed by atoms with Crippen LogP contribution in [0.15, 0.2) is 22.7 Å². The van der Waals surface area contributed by atoms with Gasteiger partial charge in [-0.2, -0.15) is 0 Å². The normalized spacial score (nSPS) is 10.6. The molecule has 5 heteroatoms. The molecule has 0 saturated carbocycles. The standard InChI is InChI=1S/C12H16BrFN2O/c1-8(2)15-5-6-16-12(17)10-7-9(13)3-4-11(10)14/h3-4,7-8,15H,5-6H2,1-2H3,(H,16,17). The van der Waals surface area contributed by atoms with Gasteiger partial charge in [0.05, 0.1) is 5.56 Å². The maximum absolute atomic E-state index is 13.4. The van der Waals surface area contributed by atoms with Gasteiger partial charge in [-0.1, -0.05) is 29.8 Å². The predicted octanol–water partition coefficient (Wildman–Crippen LogP) is 2.32. The first-order valence-corrected chi connectivity index (χ1v) is 6.26. The Labute approximate surface area is 109 Å². The van der Waals surface area contributed by atoms with Crippen LogP contribution >= 0.6 is 15.9 Å². The largest absolute Gasteiger partial charge is 0.351 e. The average Bonchev–Trinajstić information content (AvgIpc) is 2.27. The zero-order valence-corrected chi connectivity index (χ0v) is 11.5. The van der Waals surface area contributed by atoms with E-state index < -0.39 is 11.7 Å². The van der Waals surface area contributed by atoms with Gasteiger partial charge in [0, 0.05) is 23.6 Å². The monoisotopic (exact) mass is 302 g/mol. The van der Waals surface area contributed by atoms with Crippen LogP contribution in [-0.2, 0) is 0 Å². The highest BCUT2D eigenvalue weighted by Crippen LogP contribution is 2.15. The van der Waals surface area contributed by atoms with Crippen LogP contribution in [0.25, 0.3) is 0 Å². The van der Waals surface area contributed by atoms with Crippen molar-refractivity contribution in [3.05, 3.63) is 34.1 Å². The third-order valence-electron chi connectivity index (χ3n) is 2.14. The summed E-state index contributed by atoms with van der Waals surface area (Å²) in [5, 5.41) is 5.82. The maximum atomic E-state index is 13.4. The van der Waals surface area contributed by atoms with Gasteiger partial charge in [-0.3, -0.25) is 4.79 Å². The summed E-state index contributed by atoms with van der Waals surface area (Å²) in [7, 11) is 0. The minimum Gasteiger partial charge on any atom is -0.351 e. The third kappa shape index (κ3) is 4.83. The number of amides is 1. The molecule has 1 rings (SSSR count). The molecule has 3 nitrogen and oxygen atoms in total. The number of rotatable bonds is 5. The van der Waals surface area contributed by atoms with Crippen molar-refractivity contribution in [1.29, 1.82) is 0 Å². The fourth-order valence-electron chi connectivity index (χ4n) is 1.30. The Morgan fingerprint density at radius 1 is 1.41 bits per heavy atom. The summed E-state index contributed by atoms with van der Waals surface area (Å²) < 4.78 is 14.0. The van der Waals surface area contributed by atoms with Crippen LogP contribution < -0.4 is 10.6 Å². The van der Waals surface area contributed by atoms with Crippen molar-refractivity contribution < 1.29 is 9.18 Å². The summed E-state index contributed by atoms with van der Waals surface area (Å²) in [6.45, 7) is 5.19.